The number of aliphatic hydroxyl groups excluding tert-OH is 6. The van der Waals surface area contributed by atoms with Crippen LogP contribution >= 0.6 is 0 Å². The fourth-order valence-corrected chi connectivity index (χ4v) is 4.00. The highest BCUT2D eigenvalue weighted by Gasteiger charge is 2.50. The molecule has 200 valence electrons. The molecule has 34 heavy (non-hydrogen) atoms. The average molecular weight is 497 g/mol. The lowest BCUT2D eigenvalue weighted by Crippen LogP contribution is -2.64. The van der Waals surface area contributed by atoms with Gasteiger partial charge in [0.1, 0.15) is 42.7 Å². The summed E-state index contributed by atoms with van der Waals surface area (Å²) in [5.74, 6) is -0.211. The molecule has 10 atom stereocenters. The van der Waals surface area contributed by atoms with E-state index in [1.807, 2.05) is 0 Å². The Bertz CT molecular complexity index is 592. The summed E-state index contributed by atoms with van der Waals surface area (Å²) in [5, 5.41) is 60.3. The average Bonchev–Trinajstić information content (AvgIpc) is 2.83. The van der Waals surface area contributed by atoms with Crippen LogP contribution in [-0.4, -0.2) is 118 Å². The van der Waals surface area contributed by atoms with Crippen molar-refractivity contribution in [1.29, 1.82) is 0 Å². The van der Waals surface area contributed by atoms with Crippen molar-refractivity contribution >= 4 is 5.97 Å². The molecule has 0 aromatic carbocycles. The third-order valence-electron chi connectivity index (χ3n) is 6.21. The molecule has 2 fully saturated rings. The van der Waals surface area contributed by atoms with Crippen LogP contribution in [0, 0.1) is 0 Å². The van der Waals surface area contributed by atoms with Crippen molar-refractivity contribution in [2.45, 2.75) is 113 Å². The Hall–Kier alpha value is -0.930. The van der Waals surface area contributed by atoms with E-state index in [0.717, 1.165) is 32.1 Å². The summed E-state index contributed by atoms with van der Waals surface area (Å²) < 4.78 is 27.0. The number of ether oxygens (including phenoxy) is 5. The molecule has 0 amide bonds. The molecule has 2 heterocycles. The van der Waals surface area contributed by atoms with Crippen molar-refractivity contribution < 1.29 is 59.1 Å². The van der Waals surface area contributed by atoms with Crippen molar-refractivity contribution in [2.75, 3.05) is 20.3 Å². The Morgan fingerprint density at radius 3 is 2.09 bits per heavy atom. The minimum atomic E-state index is -1.61. The zero-order chi connectivity index (χ0) is 25.3. The second-order valence-electron chi connectivity index (χ2n) is 8.81. The second kappa shape index (κ2) is 14.6. The number of esters is 1. The molecule has 0 saturated carbocycles. The summed E-state index contributed by atoms with van der Waals surface area (Å²) in [6, 6.07) is 0. The molecule has 0 aromatic heterocycles. The van der Waals surface area contributed by atoms with Gasteiger partial charge in [-0.2, -0.15) is 0 Å². The Balaban J connectivity index is 1.84. The van der Waals surface area contributed by atoms with Crippen LogP contribution in [0.1, 0.15) is 51.9 Å². The summed E-state index contributed by atoms with van der Waals surface area (Å²) in [4.78, 5) is 11.1. The Morgan fingerprint density at radius 1 is 0.794 bits per heavy atom. The van der Waals surface area contributed by atoms with Crippen LogP contribution < -0.4 is 0 Å². The lowest BCUT2D eigenvalue weighted by Gasteiger charge is -2.45. The normalized spacial score (nSPS) is 38.6. The molecule has 12 nitrogen and oxygen atoms in total. The van der Waals surface area contributed by atoms with Crippen molar-refractivity contribution in [3.8, 4) is 0 Å². The Morgan fingerprint density at radius 2 is 1.44 bits per heavy atom. The molecule has 2 saturated heterocycles. The third-order valence-corrected chi connectivity index (χ3v) is 6.21. The van der Waals surface area contributed by atoms with Crippen LogP contribution in [0.3, 0.4) is 0 Å². The molecule has 0 unspecified atom stereocenters. The van der Waals surface area contributed by atoms with E-state index in [9.17, 15) is 35.4 Å². The maximum atomic E-state index is 11.1. The molecule has 0 spiro atoms. The quantitative estimate of drug-likeness (QED) is 0.129. The number of aliphatic hydroxyl groups is 6. The predicted octanol–water partition coefficient (Wildman–Crippen LogP) is -1.44. The van der Waals surface area contributed by atoms with Gasteiger partial charge >= 0.3 is 5.97 Å². The van der Waals surface area contributed by atoms with Gasteiger partial charge in [0.15, 0.2) is 12.6 Å². The zero-order valence-electron chi connectivity index (χ0n) is 19.8. The minimum absolute atomic E-state index is 0.211. The van der Waals surface area contributed by atoms with Crippen molar-refractivity contribution in [3.05, 3.63) is 0 Å². The van der Waals surface area contributed by atoms with Gasteiger partial charge < -0.3 is 54.3 Å². The number of carbonyl (C=O) groups excluding carboxylic acids is 1. The maximum Gasteiger partial charge on any atom is 0.305 e. The number of methoxy groups -OCH3 is 1. The summed E-state index contributed by atoms with van der Waals surface area (Å²) in [6.07, 6.45) is -7.74. The van der Waals surface area contributed by atoms with Crippen LogP contribution in [0.2, 0.25) is 0 Å². The van der Waals surface area contributed by atoms with Gasteiger partial charge in [0.05, 0.1) is 19.8 Å². The summed E-state index contributed by atoms with van der Waals surface area (Å²) >= 11 is 0. The molecule has 2 aliphatic rings. The van der Waals surface area contributed by atoms with Gasteiger partial charge in [-0.25, -0.2) is 0 Å². The van der Waals surface area contributed by atoms with Gasteiger partial charge in [-0.05, 0) is 19.8 Å². The largest absolute Gasteiger partial charge is 0.469 e. The van der Waals surface area contributed by atoms with Crippen LogP contribution in [0.5, 0.6) is 0 Å². The first kappa shape index (κ1) is 29.3. The standard InChI is InChI=1S/C22H40O12/c1-12-15(25)17(27)19(29)21(32-12)34-20-18(28)16(26)13(11-23)33-22(20)31-10-8-6-4-3-5-7-9-14(24)30-2/h12-13,15-23,25-29H,3-11H2,1-2H3/t12-,13-,15-,16-,17+,18+,19-,20-,21-,22+/m1/s1. The van der Waals surface area contributed by atoms with Crippen LogP contribution in [0.15, 0.2) is 0 Å². The topological polar surface area (TPSA) is 185 Å². The predicted molar refractivity (Wildman–Crippen MR) is 115 cm³/mol. The summed E-state index contributed by atoms with van der Waals surface area (Å²) in [6.45, 7) is 1.18. The highest BCUT2D eigenvalue weighted by molar-refractivity contribution is 5.68. The van der Waals surface area contributed by atoms with Gasteiger partial charge in [0, 0.05) is 13.0 Å². The first-order chi connectivity index (χ1) is 16.2. The number of unbranched alkanes of at least 4 members (excludes halogenated alkanes) is 5. The monoisotopic (exact) mass is 496 g/mol. The molecule has 0 bridgehead atoms. The molecule has 12 heteroatoms. The van der Waals surface area contributed by atoms with E-state index < -0.39 is 68.0 Å². The van der Waals surface area contributed by atoms with Crippen molar-refractivity contribution in [3.63, 3.8) is 0 Å². The van der Waals surface area contributed by atoms with Crippen LogP contribution in [0.4, 0.5) is 0 Å². The molecule has 2 aliphatic heterocycles. The SMILES string of the molecule is COC(=O)CCCCCCCCO[C@H]1O[C@H](CO)[C@@H](O)[C@H](O)[C@H]1O[C@H]1O[C@H](C)[C@@H](O)[C@H](O)[C@H]1O. The smallest absolute Gasteiger partial charge is 0.305 e. The third kappa shape index (κ3) is 8.05. The molecular weight excluding hydrogens is 456 g/mol. The van der Waals surface area contributed by atoms with E-state index in [4.69, 9.17) is 18.9 Å². The summed E-state index contributed by atoms with van der Waals surface area (Å²) in [7, 11) is 1.37. The van der Waals surface area contributed by atoms with Gasteiger partial charge in [-0.3, -0.25) is 4.79 Å². The van der Waals surface area contributed by atoms with E-state index >= 15 is 0 Å². The minimum Gasteiger partial charge on any atom is -0.469 e. The Kier molecular flexibility index (Phi) is 12.6. The molecular formula is C22H40O12. The first-order valence-corrected chi connectivity index (χ1v) is 11.9. The number of hydrogen-bond donors (Lipinski definition) is 6. The highest BCUT2D eigenvalue weighted by atomic mass is 16.8. The Labute approximate surface area is 199 Å². The van der Waals surface area contributed by atoms with E-state index in [0.29, 0.717) is 12.8 Å². The molecule has 0 radical (unpaired) electrons. The number of hydrogen-bond acceptors (Lipinski definition) is 12. The van der Waals surface area contributed by atoms with Gasteiger partial charge in [0.25, 0.3) is 0 Å². The lowest BCUT2D eigenvalue weighted by molar-refractivity contribution is -0.364. The fourth-order valence-electron chi connectivity index (χ4n) is 4.00. The van der Waals surface area contributed by atoms with E-state index in [2.05, 4.69) is 4.74 Å². The molecule has 0 aliphatic carbocycles. The van der Waals surface area contributed by atoms with E-state index in [1.54, 1.807) is 0 Å². The highest BCUT2D eigenvalue weighted by Crippen LogP contribution is 2.29. The van der Waals surface area contributed by atoms with Crippen LogP contribution in [-0.2, 0) is 28.5 Å². The molecule has 0 aromatic rings. The second-order valence-corrected chi connectivity index (χ2v) is 8.81. The number of rotatable bonds is 13. The van der Waals surface area contributed by atoms with Gasteiger partial charge in [0.2, 0.25) is 0 Å². The summed E-state index contributed by atoms with van der Waals surface area (Å²) in [5.41, 5.74) is 0. The number of carbonyl (C=O) groups is 1. The van der Waals surface area contributed by atoms with E-state index in [1.165, 1.54) is 14.0 Å². The maximum absolute atomic E-state index is 11.1. The molecule has 2 rings (SSSR count). The van der Waals surface area contributed by atoms with Crippen molar-refractivity contribution in [1.82, 2.24) is 0 Å². The fraction of sp³-hybridized carbons (Fsp3) is 0.955. The first-order valence-electron chi connectivity index (χ1n) is 11.9. The van der Waals surface area contributed by atoms with Gasteiger partial charge in [-0.1, -0.05) is 25.7 Å². The van der Waals surface area contributed by atoms with Gasteiger partial charge in [-0.15, -0.1) is 0 Å². The van der Waals surface area contributed by atoms with Crippen molar-refractivity contribution in [2.24, 2.45) is 0 Å². The molecule has 6 N–H and O–H groups in total. The van der Waals surface area contributed by atoms with E-state index in [-0.39, 0.29) is 12.6 Å². The van der Waals surface area contributed by atoms with Crippen LogP contribution in [0.25, 0.3) is 0 Å². The zero-order valence-corrected chi connectivity index (χ0v) is 19.8. The lowest BCUT2D eigenvalue weighted by atomic mass is 9.97.